The van der Waals surface area contributed by atoms with Crippen molar-refractivity contribution in [2.24, 2.45) is 10.6 Å². The fraction of sp³-hybridized carbons (Fsp3) is 0.263. The number of carboxylic acids is 1. The van der Waals surface area contributed by atoms with Gasteiger partial charge >= 0.3 is 5.97 Å². The second kappa shape index (κ2) is 8.41. The maximum absolute atomic E-state index is 12.8. The molecule has 5 rings (SSSR count). The zero-order valence-electron chi connectivity index (χ0n) is 17.2. The van der Waals surface area contributed by atoms with E-state index in [1.807, 2.05) is 9.78 Å². The number of carbonyl (C=O) groups excluding carboxylic acids is 2. The highest BCUT2D eigenvalue weighted by Gasteiger charge is 2.57. The highest BCUT2D eigenvalue weighted by atomic mass is 32.2. The second-order valence-corrected chi connectivity index (χ2v) is 10.6. The number of anilines is 1. The minimum absolute atomic E-state index is 0.0253. The lowest BCUT2D eigenvalue weighted by Crippen LogP contribution is -2.73. The number of amides is 2. The van der Waals surface area contributed by atoms with Crippen LogP contribution in [-0.2, 0) is 14.4 Å². The Labute approximate surface area is 203 Å². The van der Waals surface area contributed by atoms with E-state index in [-0.39, 0.29) is 28.8 Å². The maximum atomic E-state index is 12.8. The summed E-state index contributed by atoms with van der Waals surface area (Å²) in [7, 11) is 0. The number of thioether (sulfide) groups is 1. The predicted molar refractivity (Wildman–Crippen MR) is 127 cm³/mol. The van der Waals surface area contributed by atoms with Gasteiger partial charge in [0.15, 0.2) is 10.8 Å². The monoisotopic (exact) mass is 519 g/mol. The molecule has 2 aliphatic rings. The molecule has 0 saturated carbocycles. The van der Waals surface area contributed by atoms with Crippen molar-refractivity contribution in [3.63, 3.8) is 0 Å². The van der Waals surface area contributed by atoms with E-state index < -0.39 is 34.6 Å². The van der Waals surface area contributed by atoms with Gasteiger partial charge in [0.25, 0.3) is 5.91 Å². The molecule has 5 N–H and O–H groups in total. The van der Waals surface area contributed by atoms with Crippen LogP contribution >= 0.6 is 34.4 Å². The number of β-lactam (4-membered cyclic amide) rings is 1. The van der Waals surface area contributed by atoms with E-state index in [1.54, 1.807) is 24.7 Å². The predicted octanol–water partition coefficient (Wildman–Crippen LogP) is 0.797. The van der Waals surface area contributed by atoms with Gasteiger partial charge in [-0.15, -0.1) is 34.4 Å². The number of hydrogen-bond acceptors (Lipinski definition) is 11. The van der Waals surface area contributed by atoms with Crippen molar-refractivity contribution < 1.29 is 24.7 Å². The maximum Gasteiger partial charge on any atom is 0.316 e. The smallest absolute Gasteiger partial charge is 0.316 e. The molecule has 15 heteroatoms. The van der Waals surface area contributed by atoms with Crippen LogP contribution in [0.1, 0.15) is 11.4 Å². The summed E-state index contributed by atoms with van der Waals surface area (Å²) in [6, 6.07) is -0.872. The van der Waals surface area contributed by atoms with E-state index in [2.05, 4.69) is 20.4 Å². The molecule has 2 amide bonds. The number of aromatic nitrogens is 3. The molecule has 3 aromatic heterocycles. The molecule has 2 aliphatic heterocycles. The Kier molecular flexibility index (Phi) is 5.53. The number of hydrogen-bond donors (Lipinski definition) is 4. The van der Waals surface area contributed by atoms with Crippen molar-refractivity contribution in [1.82, 2.24) is 24.6 Å². The van der Waals surface area contributed by atoms with Crippen molar-refractivity contribution in [3.8, 4) is 0 Å². The molecule has 0 spiro atoms. The lowest BCUT2D eigenvalue weighted by Gasteiger charge is -2.53. The van der Waals surface area contributed by atoms with Gasteiger partial charge in [-0.25, -0.2) is 9.97 Å². The number of oxime groups is 1. The fourth-order valence-electron chi connectivity index (χ4n) is 3.82. The molecule has 2 saturated heterocycles. The molecular formula is C19H17N7O5S3. The minimum atomic E-state index is -1.28. The largest absolute Gasteiger partial charge is 0.481 e. The average molecular weight is 520 g/mol. The molecule has 0 aromatic carbocycles. The Morgan fingerprint density at radius 2 is 2.18 bits per heavy atom. The lowest BCUT2D eigenvalue weighted by atomic mass is 9.86. The van der Waals surface area contributed by atoms with Crippen LogP contribution < -0.4 is 11.1 Å². The van der Waals surface area contributed by atoms with E-state index >= 15 is 0 Å². The van der Waals surface area contributed by atoms with Gasteiger partial charge in [-0.05, 0) is 6.08 Å². The third-order valence-corrected chi connectivity index (χ3v) is 8.78. The van der Waals surface area contributed by atoms with Crippen LogP contribution in [-0.4, -0.2) is 76.8 Å². The van der Waals surface area contributed by atoms with Crippen LogP contribution in [0, 0.1) is 5.41 Å². The topological polar surface area (TPSA) is 176 Å². The first kappa shape index (κ1) is 22.4. The molecule has 3 atom stereocenters. The number of nitrogens with two attached hydrogens (primary N) is 1. The van der Waals surface area contributed by atoms with Crippen LogP contribution in [0.4, 0.5) is 5.13 Å². The van der Waals surface area contributed by atoms with E-state index in [0.717, 1.165) is 21.9 Å². The zero-order valence-corrected chi connectivity index (χ0v) is 19.6. The highest BCUT2D eigenvalue weighted by Crippen LogP contribution is 2.43. The van der Waals surface area contributed by atoms with Crippen LogP contribution in [0.3, 0.4) is 0 Å². The normalized spacial score (nSPS) is 24.9. The fourth-order valence-corrected chi connectivity index (χ4v) is 6.70. The van der Waals surface area contributed by atoms with Gasteiger partial charge in [0, 0.05) is 23.1 Å². The van der Waals surface area contributed by atoms with E-state index in [9.17, 15) is 24.7 Å². The number of nitrogens with zero attached hydrogens (tertiary/aromatic N) is 5. The Bertz CT molecular complexity index is 1360. The SMILES string of the molecule is Nc1nc(C(=NO)C(=O)N[C@@H]2C(=O)N3CC(C=Cc4csc5cncn45)(C(=O)O)CS[C@H]23)cs1. The first-order valence-electron chi connectivity index (χ1n) is 9.81. The number of nitrogen functional groups attached to an aromatic ring is 1. The van der Waals surface area contributed by atoms with E-state index in [0.29, 0.717) is 0 Å². The number of rotatable bonds is 6. The molecule has 34 heavy (non-hydrogen) atoms. The minimum Gasteiger partial charge on any atom is -0.481 e. The molecule has 5 heterocycles. The summed E-state index contributed by atoms with van der Waals surface area (Å²) in [5.74, 6) is -2.02. The number of carboxylic acid groups (broad SMARTS) is 1. The van der Waals surface area contributed by atoms with Crippen LogP contribution in [0.15, 0.2) is 34.5 Å². The van der Waals surface area contributed by atoms with Gasteiger partial charge in [0.05, 0.1) is 11.9 Å². The molecule has 0 aliphatic carbocycles. The number of aliphatic carboxylic acids is 1. The number of nitrogens with one attached hydrogen (secondary N) is 1. The van der Waals surface area contributed by atoms with Crippen LogP contribution in [0.2, 0.25) is 0 Å². The summed E-state index contributed by atoms with van der Waals surface area (Å²) in [4.78, 5) is 48.0. The molecule has 176 valence electrons. The summed E-state index contributed by atoms with van der Waals surface area (Å²) < 4.78 is 1.85. The second-order valence-electron chi connectivity index (χ2n) is 7.70. The average Bonchev–Trinajstić information content (AvgIpc) is 3.54. The Morgan fingerprint density at radius 3 is 2.88 bits per heavy atom. The Morgan fingerprint density at radius 1 is 1.35 bits per heavy atom. The summed E-state index contributed by atoms with van der Waals surface area (Å²) in [5.41, 5.74) is 4.82. The van der Waals surface area contributed by atoms with Gasteiger partial charge in [-0.2, -0.15) is 0 Å². The first-order valence-corrected chi connectivity index (χ1v) is 12.6. The summed E-state index contributed by atoms with van der Waals surface area (Å²) in [6.07, 6.45) is 6.72. The van der Waals surface area contributed by atoms with Crippen LogP contribution in [0.5, 0.6) is 0 Å². The number of thiazole rings is 2. The van der Waals surface area contributed by atoms with Crippen molar-refractivity contribution in [2.75, 3.05) is 18.0 Å². The van der Waals surface area contributed by atoms with Gasteiger partial charge in [-0.3, -0.25) is 18.8 Å². The third kappa shape index (κ3) is 3.61. The van der Waals surface area contributed by atoms with Crippen molar-refractivity contribution in [1.29, 1.82) is 0 Å². The van der Waals surface area contributed by atoms with E-state index in [4.69, 9.17) is 5.73 Å². The summed E-state index contributed by atoms with van der Waals surface area (Å²) >= 11 is 3.84. The quantitative estimate of drug-likeness (QED) is 0.159. The third-order valence-electron chi connectivity index (χ3n) is 5.65. The molecule has 0 radical (unpaired) electrons. The molecule has 1 unspecified atom stereocenters. The lowest BCUT2D eigenvalue weighted by molar-refractivity contribution is -0.155. The highest BCUT2D eigenvalue weighted by molar-refractivity contribution is 8.00. The van der Waals surface area contributed by atoms with Crippen molar-refractivity contribution in [2.45, 2.75) is 11.4 Å². The molecule has 3 aromatic rings. The Balaban J connectivity index is 1.30. The van der Waals surface area contributed by atoms with Crippen molar-refractivity contribution >= 4 is 74.0 Å². The Hall–Kier alpha value is -3.43. The van der Waals surface area contributed by atoms with Crippen molar-refractivity contribution in [3.05, 3.63) is 40.7 Å². The zero-order chi connectivity index (χ0) is 24.0. The number of fused-ring (bicyclic) bond motifs is 2. The molecule has 12 nitrogen and oxygen atoms in total. The number of imidazole rings is 1. The standard InChI is InChI=1S/C19H17N7O5S3/c20-18-22-10(5-33-18)12(24-31)14(27)23-13-15(28)25-6-19(17(29)30,7-34-16(13)25)2-1-9-4-32-11-3-21-8-26(9)11/h1-5,8,13,16,31H,6-7H2,(H2,20,22)(H,23,27)(H,29,30)/t13-,16-,19?/m1/s1. The van der Waals surface area contributed by atoms with Gasteiger partial charge in [0.2, 0.25) is 5.91 Å². The summed E-state index contributed by atoms with van der Waals surface area (Å²) in [5, 5.41) is 27.9. The van der Waals surface area contributed by atoms with Gasteiger partial charge in [0.1, 0.15) is 33.7 Å². The molecule has 0 bridgehead atoms. The van der Waals surface area contributed by atoms with Gasteiger partial charge in [-0.1, -0.05) is 11.2 Å². The first-order chi connectivity index (χ1) is 16.3. The summed E-state index contributed by atoms with van der Waals surface area (Å²) in [6.45, 7) is -0.0253. The number of carbonyl (C=O) groups is 3. The van der Waals surface area contributed by atoms with E-state index in [1.165, 1.54) is 33.4 Å². The molecule has 2 fully saturated rings. The molecular weight excluding hydrogens is 502 g/mol. The van der Waals surface area contributed by atoms with Crippen LogP contribution in [0.25, 0.3) is 10.9 Å². The van der Waals surface area contributed by atoms with Gasteiger partial charge < -0.3 is 26.3 Å².